The van der Waals surface area contributed by atoms with E-state index in [0.29, 0.717) is 0 Å². The summed E-state index contributed by atoms with van der Waals surface area (Å²) in [5.74, 6) is 0.871. The summed E-state index contributed by atoms with van der Waals surface area (Å²) in [6.07, 6.45) is 6.50. The number of ether oxygens (including phenoxy) is 2. The number of hydrogen-bond donors (Lipinski definition) is 0. The Kier molecular flexibility index (Phi) is 2.71. The highest BCUT2D eigenvalue weighted by Crippen LogP contribution is 2.34. The molecule has 3 nitrogen and oxygen atoms in total. The van der Waals surface area contributed by atoms with Crippen LogP contribution >= 0.6 is 0 Å². The van der Waals surface area contributed by atoms with E-state index in [1.54, 1.807) is 0 Å². The van der Waals surface area contributed by atoms with Gasteiger partial charge in [0.15, 0.2) is 5.79 Å². The summed E-state index contributed by atoms with van der Waals surface area (Å²) in [6, 6.07) is 0. The molecule has 15 heavy (non-hydrogen) atoms. The first-order chi connectivity index (χ1) is 7.36. The van der Waals surface area contributed by atoms with Crippen LogP contribution in [0.15, 0.2) is 0 Å². The maximum absolute atomic E-state index is 5.72. The summed E-state index contributed by atoms with van der Waals surface area (Å²) >= 11 is 0. The van der Waals surface area contributed by atoms with Gasteiger partial charge in [-0.3, -0.25) is 0 Å². The SMILES string of the molecule is C1COC2(CCN(CCC3CC3)CC2)O1. The lowest BCUT2D eigenvalue weighted by Gasteiger charge is -2.37. The van der Waals surface area contributed by atoms with Gasteiger partial charge in [-0.2, -0.15) is 0 Å². The van der Waals surface area contributed by atoms with Gasteiger partial charge in [0, 0.05) is 25.9 Å². The first-order valence-electron chi connectivity index (χ1n) is 6.37. The standard InChI is InChI=1S/C12H21NO2/c1-2-11(1)3-6-13-7-4-12(5-8-13)14-9-10-15-12/h11H,1-10H2. The zero-order chi connectivity index (χ0) is 10.1. The van der Waals surface area contributed by atoms with Gasteiger partial charge in [-0.05, 0) is 18.9 Å². The van der Waals surface area contributed by atoms with E-state index in [1.807, 2.05) is 0 Å². The molecule has 0 radical (unpaired) electrons. The molecular formula is C12H21NO2. The van der Waals surface area contributed by atoms with Gasteiger partial charge in [-0.1, -0.05) is 12.8 Å². The second-order valence-corrected chi connectivity index (χ2v) is 5.18. The van der Waals surface area contributed by atoms with Crippen molar-refractivity contribution in [3.05, 3.63) is 0 Å². The lowest BCUT2D eigenvalue weighted by atomic mass is 10.0. The first kappa shape index (κ1) is 10.1. The molecule has 0 aromatic heterocycles. The molecule has 0 unspecified atom stereocenters. The van der Waals surface area contributed by atoms with Gasteiger partial charge in [-0.15, -0.1) is 0 Å². The number of nitrogens with zero attached hydrogens (tertiary/aromatic N) is 1. The highest BCUT2D eigenvalue weighted by molar-refractivity contribution is 4.83. The average Bonchev–Trinajstić information content (AvgIpc) is 2.99. The normalized spacial score (nSPS) is 31.2. The predicted molar refractivity (Wildman–Crippen MR) is 57.7 cm³/mol. The molecule has 3 aliphatic rings. The van der Waals surface area contributed by atoms with Crippen LogP contribution in [0.3, 0.4) is 0 Å². The molecule has 1 saturated carbocycles. The maximum atomic E-state index is 5.72. The molecule has 2 heterocycles. The Balaban J connectivity index is 1.43. The maximum Gasteiger partial charge on any atom is 0.170 e. The smallest absolute Gasteiger partial charge is 0.170 e. The molecule has 0 amide bonds. The van der Waals surface area contributed by atoms with Gasteiger partial charge in [0.05, 0.1) is 13.2 Å². The van der Waals surface area contributed by atoms with Crippen molar-refractivity contribution in [1.29, 1.82) is 0 Å². The van der Waals surface area contributed by atoms with Gasteiger partial charge in [0.2, 0.25) is 0 Å². The predicted octanol–water partition coefficient (Wildman–Crippen LogP) is 1.63. The molecule has 1 aliphatic carbocycles. The molecule has 0 aromatic carbocycles. The van der Waals surface area contributed by atoms with Crippen molar-refractivity contribution >= 4 is 0 Å². The van der Waals surface area contributed by atoms with Crippen LogP contribution in [0.2, 0.25) is 0 Å². The Morgan fingerprint density at radius 3 is 2.33 bits per heavy atom. The van der Waals surface area contributed by atoms with Crippen LogP contribution in [0, 0.1) is 5.92 Å². The highest BCUT2D eigenvalue weighted by Gasteiger charge is 2.39. The zero-order valence-electron chi connectivity index (χ0n) is 9.41. The van der Waals surface area contributed by atoms with E-state index in [0.717, 1.165) is 45.1 Å². The van der Waals surface area contributed by atoms with Gasteiger partial charge >= 0.3 is 0 Å². The van der Waals surface area contributed by atoms with E-state index < -0.39 is 0 Å². The molecule has 0 bridgehead atoms. The van der Waals surface area contributed by atoms with E-state index in [2.05, 4.69) is 4.90 Å². The second kappa shape index (κ2) is 4.04. The first-order valence-corrected chi connectivity index (χ1v) is 6.37. The van der Waals surface area contributed by atoms with Crippen LogP contribution in [0.4, 0.5) is 0 Å². The molecule has 3 fully saturated rings. The molecular weight excluding hydrogens is 190 g/mol. The highest BCUT2D eigenvalue weighted by atomic mass is 16.7. The minimum Gasteiger partial charge on any atom is -0.347 e. The Morgan fingerprint density at radius 2 is 1.73 bits per heavy atom. The van der Waals surface area contributed by atoms with E-state index >= 15 is 0 Å². The molecule has 3 heteroatoms. The van der Waals surface area contributed by atoms with E-state index in [1.165, 1.54) is 25.8 Å². The average molecular weight is 211 g/mol. The van der Waals surface area contributed by atoms with Crippen LogP contribution in [0.1, 0.15) is 32.1 Å². The molecule has 0 N–H and O–H groups in total. The fourth-order valence-corrected chi connectivity index (χ4v) is 2.67. The largest absolute Gasteiger partial charge is 0.347 e. The number of piperidine rings is 1. The van der Waals surface area contributed by atoms with Gasteiger partial charge in [0.1, 0.15) is 0 Å². The summed E-state index contributed by atoms with van der Waals surface area (Å²) in [7, 11) is 0. The van der Waals surface area contributed by atoms with Crippen molar-refractivity contribution in [3.8, 4) is 0 Å². The van der Waals surface area contributed by atoms with Gasteiger partial charge in [0.25, 0.3) is 0 Å². The van der Waals surface area contributed by atoms with Gasteiger partial charge < -0.3 is 14.4 Å². The van der Waals surface area contributed by atoms with E-state index in [4.69, 9.17) is 9.47 Å². The second-order valence-electron chi connectivity index (χ2n) is 5.18. The quantitative estimate of drug-likeness (QED) is 0.708. The molecule has 2 saturated heterocycles. The Bertz CT molecular complexity index is 212. The van der Waals surface area contributed by atoms with E-state index in [9.17, 15) is 0 Å². The topological polar surface area (TPSA) is 21.7 Å². The molecule has 86 valence electrons. The molecule has 0 atom stereocenters. The number of rotatable bonds is 3. The molecule has 2 aliphatic heterocycles. The van der Waals surface area contributed by atoms with Crippen molar-refractivity contribution in [1.82, 2.24) is 4.90 Å². The molecule has 3 rings (SSSR count). The lowest BCUT2D eigenvalue weighted by molar-refractivity contribution is -0.185. The van der Waals surface area contributed by atoms with Crippen molar-refractivity contribution in [3.63, 3.8) is 0 Å². The Morgan fingerprint density at radius 1 is 1.07 bits per heavy atom. The fraction of sp³-hybridized carbons (Fsp3) is 1.00. The molecule has 0 aromatic rings. The lowest BCUT2D eigenvalue weighted by Crippen LogP contribution is -2.45. The summed E-state index contributed by atoms with van der Waals surface area (Å²) in [5.41, 5.74) is 0. The van der Waals surface area contributed by atoms with Gasteiger partial charge in [-0.25, -0.2) is 0 Å². The summed E-state index contributed by atoms with van der Waals surface area (Å²) in [5, 5.41) is 0. The monoisotopic (exact) mass is 211 g/mol. The molecule has 1 spiro atoms. The number of hydrogen-bond acceptors (Lipinski definition) is 3. The van der Waals surface area contributed by atoms with Crippen molar-refractivity contribution in [2.75, 3.05) is 32.8 Å². The Hall–Kier alpha value is -0.120. The minimum atomic E-state index is -0.184. The van der Waals surface area contributed by atoms with Crippen molar-refractivity contribution < 1.29 is 9.47 Å². The van der Waals surface area contributed by atoms with Crippen LogP contribution in [-0.2, 0) is 9.47 Å². The Labute approximate surface area is 91.7 Å². The third-order valence-electron chi connectivity index (χ3n) is 3.98. The van der Waals surface area contributed by atoms with Crippen LogP contribution in [0.25, 0.3) is 0 Å². The summed E-state index contributed by atoms with van der Waals surface area (Å²) in [6.45, 7) is 5.20. The summed E-state index contributed by atoms with van der Waals surface area (Å²) < 4.78 is 11.4. The third kappa shape index (κ3) is 2.35. The summed E-state index contributed by atoms with van der Waals surface area (Å²) in [4.78, 5) is 2.58. The minimum absolute atomic E-state index is 0.184. The number of likely N-dealkylation sites (tertiary alicyclic amines) is 1. The van der Waals surface area contributed by atoms with Crippen LogP contribution < -0.4 is 0 Å². The van der Waals surface area contributed by atoms with E-state index in [-0.39, 0.29) is 5.79 Å². The van der Waals surface area contributed by atoms with Crippen molar-refractivity contribution in [2.45, 2.75) is 37.9 Å². The van der Waals surface area contributed by atoms with Crippen molar-refractivity contribution in [2.24, 2.45) is 5.92 Å². The zero-order valence-corrected chi connectivity index (χ0v) is 9.41. The fourth-order valence-electron chi connectivity index (χ4n) is 2.67. The van der Waals surface area contributed by atoms with Crippen LogP contribution in [0.5, 0.6) is 0 Å². The van der Waals surface area contributed by atoms with Crippen LogP contribution in [-0.4, -0.2) is 43.5 Å². The third-order valence-corrected chi connectivity index (χ3v) is 3.98.